The topological polar surface area (TPSA) is 86.8 Å². The maximum Gasteiger partial charge on any atom is 0.416 e. The Kier molecular flexibility index (Phi) is 11.4. The molecule has 3 aromatic rings. The maximum absolute atomic E-state index is 14.0. The summed E-state index contributed by atoms with van der Waals surface area (Å²) in [6, 6.07) is 12.3. The zero-order valence-corrected chi connectivity index (χ0v) is 26.4. The molecular formula is C29H29Cl3F3N3O4S. The van der Waals surface area contributed by atoms with Gasteiger partial charge in [-0.15, -0.1) is 0 Å². The summed E-state index contributed by atoms with van der Waals surface area (Å²) in [4.78, 5) is 27.9. The van der Waals surface area contributed by atoms with Gasteiger partial charge < -0.3 is 10.2 Å². The molecule has 2 amide bonds. The number of nitrogens with zero attached hydrogens (tertiary/aromatic N) is 2. The number of carbonyl (C=O) groups is 2. The lowest BCUT2D eigenvalue weighted by Crippen LogP contribution is -2.52. The van der Waals surface area contributed by atoms with Crippen LogP contribution in [0, 0.1) is 0 Å². The molecule has 0 heterocycles. The molecule has 0 aliphatic rings. The summed E-state index contributed by atoms with van der Waals surface area (Å²) in [6.45, 7) is 3.76. The van der Waals surface area contributed by atoms with Gasteiger partial charge in [-0.2, -0.15) is 13.2 Å². The van der Waals surface area contributed by atoms with Crippen LogP contribution in [0.5, 0.6) is 0 Å². The van der Waals surface area contributed by atoms with Crippen LogP contribution < -0.4 is 9.62 Å². The summed E-state index contributed by atoms with van der Waals surface area (Å²) in [5, 5.41) is 2.81. The minimum atomic E-state index is -4.83. The van der Waals surface area contributed by atoms with Crippen molar-refractivity contribution in [1.29, 1.82) is 0 Å². The lowest BCUT2D eigenvalue weighted by Gasteiger charge is -2.33. The largest absolute Gasteiger partial charge is 0.416 e. The fourth-order valence-electron chi connectivity index (χ4n) is 4.02. The van der Waals surface area contributed by atoms with Crippen molar-refractivity contribution in [2.24, 2.45) is 0 Å². The van der Waals surface area contributed by atoms with Crippen LogP contribution in [0.2, 0.25) is 15.1 Å². The van der Waals surface area contributed by atoms with Crippen LogP contribution in [0.15, 0.2) is 71.6 Å². The highest BCUT2D eigenvalue weighted by molar-refractivity contribution is 7.92. The first-order valence-electron chi connectivity index (χ1n) is 13.0. The quantitative estimate of drug-likeness (QED) is 0.233. The highest BCUT2D eigenvalue weighted by Gasteiger charge is 2.36. The predicted octanol–water partition coefficient (Wildman–Crippen LogP) is 7.19. The molecule has 2 atom stereocenters. The highest BCUT2D eigenvalue weighted by Crippen LogP contribution is 2.37. The van der Waals surface area contributed by atoms with Crippen molar-refractivity contribution in [2.75, 3.05) is 10.8 Å². The van der Waals surface area contributed by atoms with E-state index in [0.29, 0.717) is 22.9 Å². The van der Waals surface area contributed by atoms with Crippen molar-refractivity contribution in [3.05, 3.63) is 92.9 Å². The van der Waals surface area contributed by atoms with Gasteiger partial charge in [-0.05, 0) is 62.7 Å². The van der Waals surface area contributed by atoms with Gasteiger partial charge in [0.15, 0.2) is 0 Å². The summed E-state index contributed by atoms with van der Waals surface area (Å²) >= 11 is 19.0. The molecule has 7 nitrogen and oxygen atoms in total. The third kappa shape index (κ3) is 8.35. The molecule has 0 aliphatic heterocycles. The Morgan fingerprint density at radius 1 is 0.907 bits per heavy atom. The standard InChI is InChI=1S/C29H29Cl3F3N3O4S/c1-4-18(2)36-28(40)19(3)37(16-22-23(30)11-8-12-24(22)31)27(39)17-38(43(41,42)21-9-6-5-7-10-21)26-15-20(29(33,34)35)13-14-25(26)32/h5-15,18-19H,4,16-17H2,1-3H3,(H,36,40). The number of anilines is 1. The average molecular weight is 679 g/mol. The molecule has 0 saturated carbocycles. The van der Waals surface area contributed by atoms with Crippen LogP contribution in [-0.4, -0.2) is 43.8 Å². The first kappa shape index (κ1) is 34.5. The molecule has 3 rings (SSSR count). The van der Waals surface area contributed by atoms with Gasteiger partial charge in [0.25, 0.3) is 10.0 Å². The molecule has 232 valence electrons. The molecule has 0 aromatic heterocycles. The molecule has 0 bridgehead atoms. The number of nitrogens with one attached hydrogen (secondary N) is 1. The van der Waals surface area contributed by atoms with Gasteiger partial charge in [-0.25, -0.2) is 8.42 Å². The second-order valence-corrected chi connectivity index (χ2v) is 12.8. The van der Waals surface area contributed by atoms with Crippen LogP contribution in [-0.2, 0) is 32.3 Å². The summed E-state index contributed by atoms with van der Waals surface area (Å²) in [5.74, 6) is -1.46. The second kappa shape index (κ2) is 14.2. The zero-order valence-electron chi connectivity index (χ0n) is 23.3. The number of amides is 2. The Bertz CT molecular complexity index is 1550. The van der Waals surface area contributed by atoms with E-state index in [1.807, 2.05) is 6.92 Å². The van der Waals surface area contributed by atoms with Gasteiger partial charge in [0, 0.05) is 28.2 Å². The van der Waals surface area contributed by atoms with E-state index in [-0.39, 0.29) is 38.1 Å². The summed E-state index contributed by atoms with van der Waals surface area (Å²) in [5.41, 5.74) is -1.45. The third-order valence-corrected chi connectivity index (χ3v) is 9.51. The minimum Gasteiger partial charge on any atom is -0.352 e. The molecule has 1 N–H and O–H groups in total. The van der Waals surface area contributed by atoms with E-state index in [1.165, 1.54) is 43.3 Å². The van der Waals surface area contributed by atoms with E-state index in [4.69, 9.17) is 34.8 Å². The van der Waals surface area contributed by atoms with E-state index in [9.17, 15) is 31.2 Å². The third-order valence-electron chi connectivity index (χ3n) is 6.71. The van der Waals surface area contributed by atoms with Crippen LogP contribution in [0.1, 0.15) is 38.3 Å². The smallest absolute Gasteiger partial charge is 0.352 e. The second-order valence-electron chi connectivity index (χ2n) is 9.70. The average Bonchev–Trinajstić information content (AvgIpc) is 2.95. The van der Waals surface area contributed by atoms with Crippen molar-refractivity contribution < 1.29 is 31.2 Å². The van der Waals surface area contributed by atoms with Gasteiger partial charge >= 0.3 is 6.18 Å². The number of hydrogen-bond donors (Lipinski definition) is 1. The number of alkyl halides is 3. The zero-order chi connectivity index (χ0) is 32.1. The molecule has 0 saturated heterocycles. The SMILES string of the molecule is CCC(C)NC(=O)C(C)N(Cc1c(Cl)cccc1Cl)C(=O)CN(c1cc(C(F)(F)F)ccc1Cl)S(=O)(=O)c1ccccc1. The lowest BCUT2D eigenvalue weighted by atomic mass is 10.1. The van der Waals surface area contributed by atoms with Crippen molar-refractivity contribution in [3.8, 4) is 0 Å². The van der Waals surface area contributed by atoms with Gasteiger partial charge in [0.2, 0.25) is 11.8 Å². The Morgan fingerprint density at radius 2 is 1.51 bits per heavy atom. The summed E-state index contributed by atoms with van der Waals surface area (Å²) in [7, 11) is -4.64. The van der Waals surface area contributed by atoms with Gasteiger partial charge in [-0.1, -0.05) is 66.0 Å². The predicted molar refractivity (Wildman–Crippen MR) is 162 cm³/mol. The van der Waals surface area contributed by atoms with E-state index >= 15 is 0 Å². The van der Waals surface area contributed by atoms with Gasteiger partial charge in [-0.3, -0.25) is 13.9 Å². The Labute approximate surface area is 263 Å². The van der Waals surface area contributed by atoms with E-state index in [2.05, 4.69) is 5.32 Å². The molecule has 0 fully saturated rings. The van der Waals surface area contributed by atoms with Crippen LogP contribution in [0.25, 0.3) is 0 Å². The molecule has 3 aromatic carbocycles. The fraction of sp³-hybridized carbons (Fsp3) is 0.310. The molecule has 0 radical (unpaired) electrons. The normalized spacial score (nSPS) is 13.2. The number of carbonyl (C=O) groups excluding carboxylic acids is 2. The highest BCUT2D eigenvalue weighted by atomic mass is 35.5. The number of rotatable bonds is 11. The monoisotopic (exact) mass is 677 g/mol. The lowest BCUT2D eigenvalue weighted by molar-refractivity contribution is -0.139. The van der Waals surface area contributed by atoms with Crippen molar-refractivity contribution in [2.45, 2.75) is 56.9 Å². The molecule has 2 unspecified atom stereocenters. The van der Waals surface area contributed by atoms with E-state index < -0.39 is 51.9 Å². The molecule has 0 spiro atoms. The Hall–Kier alpha value is -2.99. The molecule has 14 heteroatoms. The van der Waals surface area contributed by atoms with Crippen LogP contribution >= 0.6 is 34.8 Å². The number of halogens is 6. The minimum absolute atomic E-state index is 0.189. The molecule has 43 heavy (non-hydrogen) atoms. The first-order valence-corrected chi connectivity index (χ1v) is 15.6. The Morgan fingerprint density at radius 3 is 2.07 bits per heavy atom. The number of sulfonamides is 1. The first-order chi connectivity index (χ1) is 20.1. The van der Waals surface area contributed by atoms with Gasteiger partial charge in [0.05, 0.1) is 21.2 Å². The van der Waals surface area contributed by atoms with E-state index in [1.54, 1.807) is 19.1 Å². The van der Waals surface area contributed by atoms with Crippen molar-refractivity contribution in [3.63, 3.8) is 0 Å². The van der Waals surface area contributed by atoms with Crippen molar-refractivity contribution >= 4 is 62.3 Å². The van der Waals surface area contributed by atoms with E-state index in [0.717, 1.165) is 11.0 Å². The van der Waals surface area contributed by atoms with Crippen molar-refractivity contribution in [1.82, 2.24) is 10.2 Å². The molecular weight excluding hydrogens is 650 g/mol. The van der Waals surface area contributed by atoms with Gasteiger partial charge in [0.1, 0.15) is 12.6 Å². The Balaban J connectivity index is 2.16. The van der Waals surface area contributed by atoms with Crippen LogP contribution in [0.4, 0.5) is 18.9 Å². The fourth-order valence-corrected chi connectivity index (χ4v) is 6.25. The maximum atomic E-state index is 14.0. The molecule has 0 aliphatic carbocycles. The number of hydrogen-bond acceptors (Lipinski definition) is 4. The number of benzene rings is 3. The van der Waals surface area contributed by atoms with Crippen LogP contribution in [0.3, 0.4) is 0 Å². The summed E-state index contributed by atoms with van der Waals surface area (Å²) in [6.07, 6.45) is -4.24. The summed E-state index contributed by atoms with van der Waals surface area (Å²) < 4.78 is 69.2.